The normalized spacial score (nSPS) is 13.3. The summed E-state index contributed by atoms with van der Waals surface area (Å²) in [4.78, 5) is 39.5. The molecule has 0 radical (unpaired) electrons. The number of para-hydroxylation sites is 1. The highest BCUT2D eigenvalue weighted by Crippen LogP contribution is 2.23. The van der Waals surface area contributed by atoms with Crippen molar-refractivity contribution in [2.75, 3.05) is 26.2 Å². The molecule has 0 unspecified atom stereocenters. The van der Waals surface area contributed by atoms with E-state index in [-0.39, 0.29) is 12.5 Å². The number of Topliss-reactive ketones (excluding diaryl/α,β-unsaturated/α-hetero) is 1. The second kappa shape index (κ2) is 9.87. The second-order valence-corrected chi connectivity index (χ2v) is 8.11. The van der Waals surface area contributed by atoms with Crippen molar-refractivity contribution in [3.63, 3.8) is 0 Å². The van der Waals surface area contributed by atoms with Crippen molar-refractivity contribution in [2.24, 2.45) is 0 Å². The number of benzene rings is 2. The predicted molar refractivity (Wildman–Crippen MR) is 122 cm³/mol. The molecule has 1 aliphatic heterocycles. The van der Waals surface area contributed by atoms with E-state index in [1.807, 2.05) is 18.2 Å². The number of ketones is 1. The Kier molecular flexibility index (Phi) is 6.75. The lowest BCUT2D eigenvalue weighted by atomic mass is 10.1. The van der Waals surface area contributed by atoms with Gasteiger partial charge in [-0.1, -0.05) is 29.8 Å². The summed E-state index contributed by atoms with van der Waals surface area (Å²) in [5.41, 5.74) is 1.06. The molecule has 32 heavy (non-hydrogen) atoms. The fourth-order valence-corrected chi connectivity index (χ4v) is 3.96. The molecule has 3 aromatic rings. The minimum absolute atomic E-state index is 0.0344. The molecular weight excluding hydrogens is 430 g/mol. The number of halogens is 1. The molecule has 2 amide bonds. The van der Waals surface area contributed by atoms with Gasteiger partial charge >= 0.3 is 0 Å². The molecule has 1 fully saturated rings. The molecule has 0 aliphatic carbocycles. The number of hydrogen-bond donors (Lipinski definition) is 1. The molecule has 166 valence electrons. The van der Waals surface area contributed by atoms with E-state index in [1.54, 1.807) is 46.0 Å². The van der Waals surface area contributed by atoms with Crippen LogP contribution in [-0.2, 0) is 16.1 Å². The Bertz CT molecular complexity index is 1130. The third-order valence-electron chi connectivity index (χ3n) is 5.44. The smallest absolute Gasteiger partial charge is 0.295 e. The minimum Gasteiger partial charge on any atom is -0.492 e. The van der Waals surface area contributed by atoms with Gasteiger partial charge < -0.3 is 19.5 Å². The minimum atomic E-state index is -0.529. The molecule has 0 spiro atoms. The first kappa shape index (κ1) is 21.9. The molecule has 1 aliphatic rings. The lowest BCUT2D eigenvalue weighted by molar-refractivity contribution is -0.125. The van der Waals surface area contributed by atoms with Crippen LogP contribution in [0.3, 0.4) is 0 Å². The molecule has 2 heterocycles. The summed E-state index contributed by atoms with van der Waals surface area (Å²) >= 11 is 5.85. The average Bonchev–Trinajstić information content (AvgIpc) is 3.46. The van der Waals surface area contributed by atoms with Gasteiger partial charge in [-0.25, -0.2) is 0 Å². The number of hydrogen-bond acceptors (Lipinski definition) is 4. The highest BCUT2D eigenvalue weighted by Gasteiger charge is 2.28. The van der Waals surface area contributed by atoms with Gasteiger partial charge in [-0.3, -0.25) is 14.4 Å². The molecule has 1 saturated heterocycles. The van der Waals surface area contributed by atoms with Gasteiger partial charge in [0, 0.05) is 35.2 Å². The van der Waals surface area contributed by atoms with E-state index in [9.17, 15) is 14.4 Å². The van der Waals surface area contributed by atoms with Gasteiger partial charge in [0.05, 0.1) is 12.1 Å². The summed E-state index contributed by atoms with van der Waals surface area (Å²) in [7, 11) is 0. The summed E-state index contributed by atoms with van der Waals surface area (Å²) in [5, 5.41) is 4.11. The fraction of sp³-hybridized carbons (Fsp3) is 0.292. The zero-order valence-corrected chi connectivity index (χ0v) is 18.3. The number of nitrogens with one attached hydrogen (secondary N) is 1. The SMILES string of the molecule is O=C(Cn1cc(C(=O)C(=O)N2CCCC2)c2ccccc21)NCCOc1ccc(Cl)cc1. The van der Waals surface area contributed by atoms with Gasteiger partial charge in [-0.05, 0) is 43.2 Å². The van der Waals surface area contributed by atoms with Crippen LogP contribution in [0.15, 0.2) is 54.7 Å². The molecule has 7 nitrogen and oxygen atoms in total. The number of fused-ring (bicyclic) bond motifs is 1. The number of amides is 2. The number of carbonyl (C=O) groups excluding carboxylic acids is 3. The van der Waals surface area contributed by atoms with Crippen LogP contribution in [0.4, 0.5) is 0 Å². The van der Waals surface area contributed by atoms with Gasteiger partial charge in [-0.15, -0.1) is 0 Å². The highest BCUT2D eigenvalue weighted by atomic mass is 35.5. The molecule has 4 rings (SSSR count). The predicted octanol–water partition coefficient (Wildman–Crippen LogP) is 3.30. The Morgan fingerprint density at radius 1 is 1.00 bits per heavy atom. The Balaban J connectivity index is 1.39. The van der Waals surface area contributed by atoms with Crippen LogP contribution >= 0.6 is 11.6 Å². The van der Waals surface area contributed by atoms with Crippen LogP contribution in [0.25, 0.3) is 10.9 Å². The molecule has 1 aromatic heterocycles. The zero-order valence-electron chi connectivity index (χ0n) is 17.6. The van der Waals surface area contributed by atoms with E-state index in [2.05, 4.69) is 5.32 Å². The van der Waals surface area contributed by atoms with Crippen molar-refractivity contribution >= 4 is 40.1 Å². The van der Waals surface area contributed by atoms with Crippen molar-refractivity contribution in [3.05, 3.63) is 65.3 Å². The lowest BCUT2D eigenvalue weighted by Gasteiger charge is -2.13. The standard InChI is InChI=1S/C24H24ClN3O4/c25-17-7-9-18(10-8-17)32-14-11-26-22(29)16-28-15-20(19-5-1-2-6-21(19)28)23(30)24(31)27-12-3-4-13-27/h1-2,5-10,15H,3-4,11-14,16H2,(H,26,29). The number of carbonyl (C=O) groups is 3. The van der Waals surface area contributed by atoms with E-state index in [1.165, 1.54) is 0 Å². The molecular formula is C24H24ClN3O4. The van der Waals surface area contributed by atoms with Gasteiger partial charge in [0.1, 0.15) is 18.9 Å². The second-order valence-electron chi connectivity index (χ2n) is 7.67. The van der Waals surface area contributed by atoms with E-state index in [0.717, 1.165) is 18.4 Å². The van der Waals surface area contributed by atoms with Crippen molar-refractivity contribution in [3.8, 4) is 5.75 Å². The summed E-state index contributed by atoms with van der Waals surface area (Å²) in [6.07, 6.45) is 3.44. The Hall–Kier alpha value is -3.32. The third-order valence-corrected chi connectivity index (χ3v) is 5.69. The van der Waals surface area contributed by atoms with Crippen molar-refractivity contribution in [1.82, 2.24) is 14.8 Å². The molecule has 0 bridgehead atoms. The largest absolute Gasteiger partial charge is 0.492 e. The Morgan fingerprint density at radius 3 is 2.47 bits per heavy atom. The van der Waals surface area contributed by atoms with Crippen LogP contribution < -0.4 is 10.1 Å². The van der Waals surface area contributed by atoms with Gasteiger partial charge in [0.25, 0.3) is 11.7 Å². The van der Waals surface area contributed by atoms with Crippen LogP contribution in [0.2, 0.25) is 5.02 Å². The van der Waals surface area contributed by atoms with Crippen LogP contribution in [0, 0.1) is 0 Å². The maximum Gasteiger partial charge on any atom is 0.295 e. The van der Waals surface area contributed by atoms with Crippen molar-refractivity contribution in [2.45, 2.75) is 19.4 Å². The van der Waals surface area contributed by atoms with Crippen LogP contribution in [-0.4, -0.2) is 53.3 Å². The van der Waals surface area contributed by atoms with E-state index in [4.69, 9.17) is 16.3 Å². The highest BCUT2D eigenvalue weighted by molar-refractivity contribution is 6.45. The van der Waals surface area contributed by atoms with Gasteiger partial charge in [0.15, 0.2) is 0 Å². The number of aromatic nitrogens is 1. The molecule has 2 aromatic carbocycles. The first-order valence-corrected chi connectivity index (χ1v) is 11.0. The Labute approximate surface area is 190 Å². The number of likely N-dealkylation sites (tertiary alicyclic amines) is 1. The summed E-state index contributed by atoms with van der Waals surface area (Å²) in [6, 6.07) is 14.3. The number of nitrogens with zero attached hydrogens (tertiary/aromatic N) is 2. The maximum absolute atomic E-state index is 12.9. The number of rotatable bonds is 8. The van der Waals surface area contributed by atoms with E-state index in [0.29, 0.717) is 48.0 Å². The van der Waals surface area contributed by atoms with Gasteiger partial charge in [-0.2, -0.15) is 0 Å². The first-order chi connectivity index (χ1) is 15.5. The average molecular weight is 454 g/mol. The summed E-state index contributed by atoms with van der Waals surface area (Å²) in [5.74, 6) is -0.547. The fourth-order valence-electron chi connectivity index (χ4n) is 3.84. The summed E-state index contributed by atoms with van der Waals surface area (Å²) in [6.45, 7) is 1.91. The topological polar surface area (TPSA) is 80.6 Å². The lowest BCUT2D eigenvalue weighted by Crippen LogP contribution is -2.34. The molecule has 0 atom stereocenters. The van der Waals surface area contributed by atoms with Crippen molar-refractivity contribution in [1.29, 1.82) is 0 Å². The Morgan fingerprint density at radius 2 is 1.72 bits per heavy atom. The van der Waals surface area contributed by atoms with E-state index < -0.39 is 11.7 Å². The third kappa shape index (κ3) is 4.94. The van der Waals surface area contributed by atoms with Crippen LogP contribution in [0.5, 0.6) is 5.75 Å². The molecule has 0 saturated carbocycles. The quantitative estimate of drug-likeness (QED) is 0.322. The number of ether oxygens (including phenoxy) is 1. The zero-order chi connectivity index (χ0) is 22.5. The monoisotopic (exact) mass is 453 g/mol. The maximum atomic E-state index is 12.9. The first-order valence-electron chi connectivity index (χ1n) is 10.6. The van der Waals surface area contributed by atoms with Crippen molar-refractivity contribution < 1.29 is 19.1 Å². The molecule has 8 heteroatoms. The van der Waals surface area contributed by atoms with E-state index >= 15 is 0 Å². The van der Waals surface area contributed by atoms with Gasteiger partial charge in [0.2, 0.25) is 5.91 Å². The summed E-state index contributed by atoms with van der Waals surface area (Å²) < 4.78 is 7.28. The van der Waals surface area contributed by atoms with Crippen LogP contribution in [0.1, 0.15) is 23.2 Å². The molecule has 1 N–H and O–H groups in total.